The number of nitro groups is 1. The van der Waals surface area contributed by atoms with Crippen molar-refractivity contribution in [3.8, 4) is 0 Å². The molecule has 2 aromatic rings. The van der Waals surface area contributed by atoms with E-state index in [4.69, 9.17) is 0 Å². The number of aliphatic carboxylic acids is 1. The first-order valence-electron chi connectivity index (χ1n) is 6.73. The molecular weight excluding hydrogens is 298 g/mol. The molecule has 0 aromatic heterocycles. The number of carboxylic acid groups (broad SMARTS) is 1. The van der Waals surface area contributed by atoms with E-state index in [1.165, 1.54) is 12.1 Å². The van der Waals surface area contributed by atoms with Crippen LogP contribution in [0.5, 0.6) is 0 Å². The van der Waals surface area contributed by atoms with Gasteiger partial charge in [0, 0.05) is 10.5 Å². The molecule has 0 heterocycles. The Hall–Kier alpha value is -3.28. The number of carboxylic acids is 1. The lowest BCUT2D eigenvalue weighted by molar-refractivity contribution is -0.512. The van der Waals surface area contributed by atoms with Crippen molar-refractivity contribution in [3.63, 3.8) is 0 Å². The number of ketones is 1. The normalized spacial score (nSPS) is 12.4. The number of hydrogen-bond donors (Lipinski definition) is 1. The Morgan fingerprint density at radius 3 is 2.00 bits per heavy atom. The Labute approximate surface area is 131 Å². The summed E-state index contributed by atoms with van der Waals surface area (Å²) in [5.74, 6) is -2.56. The fourth-order valence-electron chi connectivity index (χ4n) is 2.11. The summed E-state index contributed by atoms with van der Waals surface area (Å²) in [6, 6.07) is 14.2. The van der Waals surface area contributed by atoms with E-state index in [0.29, 0.717) is 5.56 Å². The number of hydrogen-bond acceptors (Lipinski definition) is 4. The smallest absolute Gasteiger partial charge is 0.339 e. The summed E-state index contributed by atoms with van der Waals surface area (Å²) in [6.45, 7) is 0. The predicted octanol–water partition coefficient (Wildman–Crippen LogP) is 2.74. The van der Waals surface area contributed by atoms with Gasteiger partial charge in [-0.3, -0.25) is 14.9 Å². The molecule has 0 spiro atoms. The molecule has 0 fully saturated rings. The summed E-state index contributed by atoms with van der Waals surface area (Å²) < 4.78 is 0. The van der Waals surface area contributed by atoms with Gasteiger partial charge in [0.15, 0.2) is 0 Å². The van der Waals surface area contributed by atoms with Crippen LogP contribution in [0.4, 0.5) is 0 Å². The van der Waals surface area contributed by atoms with E-state index in [-0.39, 0.29) is 5.56 Å². The van der Waals surface area contributed by atoms with Gasteiger partial charge < -0.3 is 5.11 Å². The van der Waals surface area contributed by atoms with Gasteiger partial charge in [-0.2, -0.15) is 0 Å². The number of nitrogens with zero attached hydrogens (tertiary/aromatic N) is 1. The molecule has 1 atom stereocenters. The van der Waals surface area contributed by atoms with Gasteiger partial charge in [-0.25, -0.2) is 4.79 Å². The van der Waals surface area contributed by atoms with Crippen molar-refractivity contribution in [1.82, 2.24) is 0 Å². The van der Waals surface area contributed by atoms with Crippen LogP contribution in [-0.2, 0) is 9.59 Å². The van der Waals surface area contributed by atoms with Gasteiger partial charge in [-0.05, 0) is 11.6 Å². The van der Waals surface area contributed by atoms with Crippen LogP contribution >= 0.6 is 0 Å². The highest BCUT2D eigenvalue weighted by molar-refractivity contribution is 6.21. The highest BCUT2D eigenvalue weighted by Gasteiger charge is 2.36. The zero-order valence-electron chi connectivity index (χ0n) is 12.0. The number of carbonyl (C=O) groups excluding carboxylic acids is 1. The van der Waals surface area contributed by atoms with Gasteiger partial charge in [-0.15, -0.1) is 0 Å². The van der Waals surface area contributed by atoms with Crippen LogP contribution < -0.4 is 0 Å². The molecule has 0 radical (unpaired) electrons. The van der Waals surface area contributed by atoms with Gasteiger partial charge >= 0.3 is 5.97 Å². The second kappa shape index (κ2) is 7.13. The third-order valence-corrected chi connectivity index (χ3v) is 3.18. The maximum Gasteiger partial charge on any atom is 0.339 e. The summed E-state index contributed by atoms with van der Waals surface area (Å²) >= 11 is 0. The van der Waals surface area contributed by atoms with Crippen molar-refractivity contribution in [2.45, 2.75) is 6.04 Å². The first-order valence-corrected chi connectivity index (χ1v) is 6.73. The standard InChI is InChI=1S/C17H13NO5/c19-16(15(18(22)23)13-9-5-2-6-10-13)14(17(20)21)11-12-7-3-1-4-8-12/h1-11,15H,(H,20,21). The Bertz CT molecular complexity index is 753. The maximum atomic E-state index is 12.4. The summed E-state index contributed by atoms with van der Waals surface area (Å²) in [7, 11) is 0. The van der Waals surface area contributed by atoms with Crippen molar-refractivity contribution in [3.05, 3.63) is 87.5 Å². The molecule has 1 N–H and O–H groups in total. The molecule has 0 bridgehead atoms. The molecule has 0 amide bonds. The number of rotatable bonds is 6. The van der Waals surface area contributed by atoms with E-state index in [1.54, 1.807) is 48.5 Å². The minimum Gasteiger partial charge on any atom is -0.478 e. The lowest BCUT2D eigenvalue weighted by Crippen LogP contribution is -2.25. The Morgan fingerprint density at radius 2 is 1.52 bits per heavy atom. The quantitative estimate of drug-likeness (QED) is 0.291. The Balaban J connectivity index is 2.46. The minimum atomic E-state index is -1.75. The van der Waals surface area contributed by atoms with Crippen LogP contribution in [0.25, 0.3) is 6.08 Å². The molecule has 0 saturated heterocycles. The molecule has 0 aliphatic rings. The fraction of sp³-hybridized carbons (Fsp3) is 0.0588. The van der Waals surface area contributed by atoms with Gasteiger partial charge in [-0.1, -0.05) is 60.7 Å². The van der Waals surface area contributed by atoms with Gasteiger partial charge in [0.2, 0.25) is 5.78 Å². The molecule has 0 saturated carbocycles. The summed E-state index contributed by atoms with van der Waals surface area (Å²) in [4.78, 5) is 34.3. The zero-order chi connectivity index (χ0) is 16.8. The van der Waals surface area contributed by atoms with Crippen molar-refractivity contribution < 1.29 is 19.6 Å². The first-order chi connectivity index (χ1) is 11.0. The van der Waals surface area contributed by atoms with Crippen molar-refractivity contribution >= 4 is 17.8 Å². The summed E-state index contributed by atoms with van der Waals surface area (Å²) in [6.07, 6.45) is 1.14. The van der Waals surface area contributed by atoms with Gasteiger partial charge in [0.25, 0.3) is 6.04 Å². The fourth-order valence-corrected chi connectivity index (χ4v) is 2.11. The molecule has 6 heteroatoms. The molecule has 1 unspecified atom stereocenters. The monoisotopic (exact) mass is 311 g/mol. The molecule has 116 valence electrons. The number of carbonyl (C=O) groups is 2. The highest BCUT2D eigenvalue weighted by atomic mass is 16.6. The average molecular weight is 311 g/mol. The van der Waals surface area contributed by atoms with Crippen LogP contribution in [0.3, 0.4) is 0 Å². The second-order valence-corrected chi connectivity index (χ2v) is 4.74. The SMILES string of the molecule is O=C(O)C(=Cc1ccccc1)C(=O)C(c1ccccc1)[N+](=O)[O-]. The number of benzene rings is 2. The predicted molar refractivity (Wildman–Crippen MR) is 83.2 cm³/mol. The number of Topliss-reactive ketones (excluding diaryl/α,β-unsaturated/α-hetero) is 1. The third-order valence-electron chi connectivity index (χ3n) is 3.18. The summed E-state index contributed by atoms with van der Waals surface area (Å²) in [5.41, 5.74) is -0.00197. The molecule has 6 nitrogen and oxygen atoms in total. The summed E-state index contributed by atoms with van der Waals surface area (Å²) in [5, 5.41) is 20.6. The van der Waals surface area contributed by atoms with E-state index in [1.807, 2.05) is 0 Å². The molecule has 2 aromatic carbocycles. The van der Waals surface area contributed by atoms with E-state index in [9.17, 15) is 24.8 Å². The van der Waals surface area contributed by atoms with Crippen molar-refractivity contribution in [1.29, 1.82) is 0 Å². The topological polar surface area (TPSA) is 97.5 Å². The molecular formula is C17H13NO5. The van der Waals surface area contributed by atoms with Gasteiger partial charge in [0.1, 0.15) is 5.57 Å². The van der Waals surface area contributed by atoms with E-state index in [2.05, 4.69) is 0 Å². The molecule has 0 aliphatic heterocycles. The van der Waals surface area contributed by atoms with Crippen LogP contribution in [0.2, 0.25) is 0 Å². The van der Waals surface area contributed by atoms with Crippen molar-refractivity contribution in [2.24, 2.45) is 0 Å². The molecule has 2 rings (SSSR count). The average Bonchev–Trinajstić information content (AvgIpc) is 2.54. The van der Waals surface area contributed by atoms with Gasteiger partial charge in [0.05, 0.1) is 0 Å². The van der Waals surface area contributed by atoms with Crippen LogP contribution in [0.1, 0.15) is 17.2 Å². The van der Waals surface area contributed by atoms with E-state index >= 15 is 0 Å². The maximum absolute atomic E-state index is 12.4. The lowest BCUT2D eigenvalue weighted by atomic mass is 9.96. The Morgan fingerprint density at radius 1 is 1.00 bits per heavy atom. The third kappa shape index (κ3) is 3.88. The minimum absolute atomic E-state index is 0.141. The molecule has 0 aliphatic carbocycles. The lowest BCUT2D eigenvalue weighted by Gasteiger charge is -2.09. The zero-order valence-corrected chi connectivity index (χ0v) is 12.0. The first kappa shape index (κ1) is 16.1. The second-order valence-electron chi connectivity index (χ2n) is 4.74. The van der Waals surface area contributed by atoms with Crippen LogP contribution in [-0.4, -0.2) is 21.8 Å². The highest BCUT2D eigenvalue weighted by Crippen LogP contribution is 2.22. The van der Waals surface area contributed by atoms with Crippen molar-refractivity contribution in [2.75, 3.05) is 0 Å². The Kier molecular flexibility index (Phi) is 4.99. The van der Waals surface area contributed by atoms with Crippen LogP contribution in [0, 0.1) is 10.1 Å². The van der Waals surface area contributed by atoms with Crippen LogP contribution in [0.15, 0.2) is 66.2 Å². The van der Waals surface area contributed by atoms with E-state index < -0.39 is 28.3 Å². The largest absolute Gasteiger partial charge is 0.478 e. The molecule has 23 heavy (non-hydrogen) atoms. The van der Waals surface area contributed by atoms with E-state index in [0.717, 1.165) is 6.08 Å².